The zero-order valence-corrected chi connectivity index (χ0v) is 11.6. The van der Waals surface area contributed by atoms with E-state index in [1.807, 2.05) is 25.1 Å². The van der Waals surface area contributed by atoms with Crippen molar-refractivity contribution >= 4 is 5.97 Å². The number of methoxy groups -OCH3 is 2. The molecule has 5 heteroatoms. The van der Waals surface area contributed by atoms with E-state index in [4.69, 9.17) is 13.9 Å². The van der Waals surface area contributed by atoms with Gasteiger partial charge in [-0.3, -0.25) is 0 Å². The number of carbonyl (C=O) groups excluding carboxylic acids is 1. The number of furan rings is 1. The fourth-order valence-electron chi connectivity index (χ4n) is 1.72. The average Bonchev–Trinajstić information content (AvgIpc) is 2.96. The first-order valence-corrected chi connectivity index (χ1v) is 6.13. The highest BCUT2D eigenvalue weighted by atomic mass is 16.5. The van der Waals surface area contributed by atoms with Crippen LogP contribution in [0.3, 0.4) is 0 Å². The maximum absolute atomic E-state index is 11.3. The van der Waals surface area contributed by atoms with Crippen LogP contribution in [0.5, 0.6) is 11.5 Å². The number of ether oxygens (including phenoxy) is 3. The van der Waals surface area contributed by atoms with Gasteiger partial charge in [-0.15, -0.1) is 0 Å². The van der Waals surface area contributed by atoms with Gasteiger partial charge in [0.05, 0.1) is 14.2 Å². The molecule has 5 nitrogen and oxygen atoms in total. The molecule has 0 aliphatic heterocycles. The van der Waals surface area contributed by atoms with E-state index in [0.717, 1.165) is 0 Å². The number of benzene rings is 1. The number of hydrogen-bond donors (Lipinski definition) is 0. The molecule has 0 radical (unpaired) electrons. The second-order valence-corrected chi connectivity index (χ2v) is 4.13. The lowest BCUT2D eigenvalue weighted by molar-refractivity contribution is 0.0558. The largest absolute Gasteiger partial charge is 0.497 e. The van der Waals surface area contributed by atoms with Gasteiger partial charge in [-0.2, -0.15) is 0 Å². The zero-order chi connectivity index (χ0) is 14.5. The molecule has 1 aromatic heterocycles. The molecule has 2 rings (SSSR count). The standard InChI is InChI=1S/C15H16O5/c1-10(13-7-8-14(20-13)15(16)18-3)19-12-6-4-5-11(9-12)17-2/h4-10H,1-3H3. The highest BCUT2D eigenvalue weighted by molar-refractivity contribution is 5.86. The summed E-state index contributed by atoms with van der Waals surface area (Å²) in [5, 5.41) is 0. The van der Waals surface area contributed by atoms with Gasteiger partial charge in [0.15, 0.2) is 6.10 Å². The van der Waals surface area contributed by atoms with Crippen LogP contribution in [0.4, 0.5) is 0 Å². The van der Waals surface area contributed by atoms with Gasteiger partial charge in [0.25, 0.3) is 0 Å². The van der Waals surface area contributed by atoms with Crippen LogP contribution in [0, 0.1) is 0 Å². The molecule has 1 atom stereocenters. The lowest BCUT2D eigenvalue weighted by Gasteiger charge is -2.13. The molecule has 106 valence electrons. The quantitative estimate of drug-likeness (QED) is 0.785. The van der Waals surface area contributed by atoms with Gasteiger partial charge in [0, 0.05) is 6.07 Å². The van der Waals surface area contributed by atoms with Crippen molar-refractivity contribution in [3.63, 3.8) is 0 Å². The Labute approximate surface area is 117 Å². The van der Waals surface area contributed by atoms with Crippen LogP contribution in [0.1, 0.15) is 29.3 Å². The van der Waals surface area contributed by atoms with Crippen molar-refractivity contribution in [2.75, 3.05) is 14.2 Å². The Morgan fingerprint density at radius 2 is 1.90 bits per heavy atom. The second-order valence-electron chi connectivity index (χ2n) is 4.13. The third kappa shape index (κ3) is 3.12. The first-order valence-electron chi connectivity index (χ1n) is 6.13. The van der Waals surface area contributed by atoms with Crippen molar-refractivity contribution in [2.24, 2.45) is 0 Å². The summed E-state index contributed by atoms with van der Waals surface area (Å²) in [6, 6.07) is 10.5. The van der Waals surface area contributed by atoms with E-state index in [2.05, 4.69) is 4.74 Å². The van der Waals surface area contributed by atoms with Crippen LogP contribution in [0.15, 0.2) is 40.8 Å². The number of rotatable bonds is 5. The minimum Gasteiger partial charge on any atom is -0.497 e. The van der Waals surface area contributed by atoms with Crippen LogP contribution >= 0.6 is 0 Å². The molecule has 0 amide bonds. The monoisotopic (exact) mass is 276 g/mol. The molecule has 0 fully saturated rings. The van der Waals surface area contributed by atoms with E-state index >= 15 is 0 Å². The van der Waals surface area contributed by atoms with Crippen LogP contribution < -0.4 is 9.47 Å². The summed E-state index contributed by atoms with van der Waals surface area (Å²) in [6.45, 7) is 1.83. The van der Waals surface area contributed by atoms with Gasteiger partial charge >= 0.3 is 5.97 Å². The van der Waals surface area contributed by atoms with Crippen molar-refractivity contribution in [1.82, 2.24) is 0 Å². The normalized spacial score (nSPS) is 11.8. The molecule has 0 aliphatic carbocycles. The molecule has 1 heterocycles. The topological polar surface area (TPSA) is 57.9 Å². The van der Waals surface area contributed by atoms with Crippen molar-refractivity contribution in [3.8, 4) is 11.5 Å². The summed E-state index contributed by atoms with van der Waals surface area (Å²) in [7, 11) is 2.90. The fourth-order valence-corrected chi connectivity index (χ4v) is 1.72. The Bertz CT molecular complexity index is 587. The molecule has 20 heavy (non-hydrogen) atoms. The smallest absolute Gasteiger partial charge is 0.373 e. The van der Waals surface area contributed by atoms with Gasteiger partial charge < -0.3 is 18.6 Å². The minimum atomic E-state index is -0.509. The van der Waals surface area contributed by atoms with Gasteiger partial charge in [-0.25, -0.2) is 4.79 Å². The maximum Gasteiger partial charge on any atom is 0.373 e. The maximum atomic E-state index is 11.3. The highest BCUT2D eigenvalue weighted by Gasteiger charge is 2.16. The molecule has 0 bridgehead atoms. The Hall–Kier alpha value is -2.43. The Balaban J connectivity index is 2.09. The third-order valence-corrected chi connectivity index (χ3v) is 2.77. The van der Waals surface area contributed by atoms with Crippen LogP contribution in [-0.4, -0.2) is 20.2 Å². The zero-order valence-electron chi connectivity index (χ0n) is 11.6. The van der Waals surface area contributed by atoms with Gasteiger partial charge in [-0.05, 0) is 31.2 Å². The molecule has 0 saturated heterocycles. The summed E-state index contributed by atoms with van der Waals surface area (Å²) in [4.78, 5) is 11.3. The van der Waals surface area contributed by atoms with Crippen LogP contribution in [0.25, 0.3) is 0 Å². The Morgan fingerprint density at radius 1 is 1.15 bits per heavy atom. The van der Waals surface area contributed by atoms with E-state index in [9.17, 15) is 4.79 Å². The fraction of sp³-hybridized carbons (Fsp3) is 0.267. The molecular formula is C15H16O5. The van der Waals surface area contributed by atoms with Crippen molar-refractivity contribution in [2.45, 2.75) is 13.0 Å². The van der Waals surface area contributed by atoms with E-state index in [1.165, 1.54) is 7.11 Å². The van der Waals surface area contributed by atoms with Gasteiger partial charge in [0.2, 0.25) is 5.76 Å². The van der Waals surface area contributed by atoms with Crippen LogP contribution in [-0.2, 0) is 4.74 Å². The minimum absolute atomic E-state index is 0.156. The van der Waals surface area contributed by atoms with Crippen molar-refractivity contribution in [3.05, 3.63) is 47.9 Å². The third-order valence-electron chi connectivity index (χ3n) is 2.77. The van der Waals surface area contributed by atoms with Gasteiger partial charge in [-0.1, -0.05) is 6.07 Å². The first-order chi connectivity index (χ1) is 9.63. The number of esters is 1. The van der Waals surface area contributed by atoms with Crippen molar-refractivity contribution < 1.29 is 23.4 Å². The molecule has 0 saturated carbocycles. The van der Waals surface area contributed by atoms with E-state index < -0.39 is 5.97 Å². The molecule has 0 aliphatic rings. The second kappa shape index (κ2) is 6.14. The van der Waals surface area contributed by atoms with E-state index in [-0.39, 0.29) is 11.9 Å². The average molecular weight is 276 g/mol. The lowest BCUT2D eigenvalue weighted by Crippen LogP contribution is -2.02. The SMILES string of the molecule is COC(=O)c1ccc(C(C)Oc2cccc(OC)c2)o1. The number of carbonyl (C=O) groups is 1. The summed E-state index contributed by atoms with van der Waals surface area (Å²) in [5.41, 5.74) is 0. The molecular weight excluding hydrogens is 260 g/mol. The predicted octanol–water partition coefficient (Wildman–Crippen LogP) is 3.21. The molecule has 1 unspecified atom stereocenters. The molecule has 1 aromatic carbocycles. The first kappa shape index (κ1) is 14.0. The van der Waals surface area contributed by atoms with Gasteiger partial charge in [0.1, 0.15) is 17.3 Å². The Kier molecular flexibility index (Phi) is 4.30. The highest BCUT2D eigenvalue weighted by Crippen LogP contribution is 2.26. The number of hydrogen-bond acceptors (Lipinski definition) is 5. The van der Waals surface area contributed by atoms with Crippen LogP contribution in [0.2, 0.25) is 0 Å². The molecule has 2 aromatic rings. The summed E-state index contributed by atoms with van der Waals surface area (Å²) < 4.78 is 20.9. The van der Waals surface area contributed by atoms with E-state index in [0.29, 0.717) is 17.3 Å². The molecule has 0 spiro atoms. The lowest BCUT2D eigenvalue weighted by atomic mass is 10.3. The van der Waals surface area contributed by atoms with Crippen molar-refractivity contribution in [1.29, 1.82) is 0 Å². The summed E-state index contributed by atoms with van der Waals surface area (Å²) in [6.07, 6.45) is -0.333. The summed E-state index contributed by atoms with van der Waals surface area (Å²) >= 11 is 0. The summed E-state index contributed by atoms with van der Waals surface area (Å²) in [5.74, 6) is 1.57. The predicted molar refractivity (Wildman–Crippen MR) is 72.1 cm³/mol. The Morgan fingerprint density at radius 3 is 2.60 bits per heavy atom. The molecule has 0 N–H and O–H groups in total. The van der Waals surface area contributed by atoms with E-state index in [1.54, 1.807) is 25.3 Å².